The minimum atomic E-state index is -0.802. The second kappa shape index (κ2) is 6.13. The quantitative estimate of drug-likeness (QED) is 0.510. The second-order valence-electron chi connectivity index (χ2n) is 7.10. The number of amides is 1. The third-order valence-electron chi connectivity index (χ3n) is 5.07. The first-order valence-corrected chi connectivity index (χ1v) is 9.04. The van der Waals surface area contributed by atoms with Gasteiger partial charge in [-0.1, -0.05) is 28.9 Å². The van der Waals surface area contributed by atoms with Gasteiger partial charge in [-0.2, -0.15) is 0 Å². The van der Waals surface area contributed by atoms with Gasteiger partial charge in [-0.25, -0.2) is 4.39 Å². The number of carbonyl (C=O) groups is 1. The van der Waals surface area contributed by atoms with Gasteiger partial charge in [0.05, 0.1) is 17.0 Å². The summed E-state index contributed by atoms with van der Waals surface area (Å²) in [5.41, 5.74) is 1.72. The number of halogens is 1. The minimum Gasteiger partial charge on any atom is -0.450 e. The first-order valence-electron chi connectivity index (χ1n) is 9.04. The molecule has 0 spiro atoms. The zero-order valence-electron chi connectivity index (χ0n) is 15.6. The largest absolute Gasteiger partial charge is 0.450 e. The summed E-state index contributed by atoms with van der Waals surface area (Å²) in [5, 5.41) is 4.34. The predicted octanol–water partition coefficient (Wildman–Crippen LogP) is 4.29. The zero-order chi connectivity index (χ0) is 20.3. The van der Waals surface area contributed by atoms with Crippen molar-refractivity contribution in [1.82, 2.24) is 5.16 Å². The van der Waals surface area contributed by atoms with Crippen molar-refractivity contribution in [1.29, 1.82) is 0 Å². The van der Waals surface area contributed by atoms with Gasteiger partial charge in [0.1, 0.15) is 17.2 Å². The second-order valence-corrected chi connectivity index (χ2v) is 7.10. The van der Waals surface area contributed by atoms with E-state index in [1.165, 1.54) is 17.0 Å². The van der Waals surface area contributed by atoms with Crippen molar-refractivity contribution in [3.8, 4) is 0 Å². The van der Waals surface area contributed by atoms with Crippen LogP contribution in [-0.2, 0) is 0 Å². The molecule has 5 rings (SSSR count). The van der Waals surface area contributed by atoms with Gasteiger partial charge in [-0.15, -0.1) is 0 Å². The fourth-order valence-corrected chi connectivity index (χ4v) is 3.75. The number of aromatic nitrogens is 1. The highest BCUT2D eigenvalue weighted by Crippen LogP contribution is 2.40. The molecule has 144 valence electrons. The molecule has 1 atom stereocenters. The molecule has 3 heterocycles. The number of carbonyl (C=O) groups excluding carboxylic acids is 1. The highest BCUT2D eigenvalue weighted by molar-refractivity contribution is 6.10. The first-order chi connectivity index (χ1) is 13.9. The zero-order valence-corrected chi connectivity index (χ0v) is 15.6. The molecule has 0 bridgehead atoms. The molecule has 0 N–H and O–H groups in total. The lowest BCUT2D eigenvalue weighted by Crippen LogP contribution is -2.29. The average Bonchev–Trinajstić information content (AvgIpc) is 3.25. The van der Waals surface area contributed by atoms with E-state index in [2.05, 4.69) is 5.16 Å². The molecule has 1 amide bonds. The van der Waals surface area contributed by atoms with Crippen molar-refractivity contribution in [3.63, 3.8) is 0 Å². The van der Waals surface area contributed by atoms with E-state index >= 15 is 0 Å². The fraction of sp³-hybridized carbons (Fsp3) is 0.136. The number of fused-ring (bicyclic) bond motifs is 2. The van der Waals surface area contributed by atoms with Gasteiger partial charge in [0.15, 0.2) is 11.2 Å². The minimum absolute atomic E-state index is 0.0404. The predicted molar refractivity (Wildman–Crippen MR) is 104 cm³/mol. The van der Waals surface area contributed by atoms with Crippen LogP contribution in [0.4, 0.5) is 10.2 Å². The lowest BCUT2D eigenvalue weighted by atomic mass is 9.98. The van der Waals surface area contributed by atoms with Crippen molar-refractivity contribution >= 4 is 22.7 Å². The summed E-state index contributed by atoms with van der Waals surface area (Å²) < 4.78 is 24.5. The van der Waals surface area contributed by atoms with E-state index in [0.29, 0.717) is 22.3 Å². The maximum absolute atomic E-state index is 13.5. The van der Waals surface area contributed by atoms with Gasteiger partial charge >= 0.3 is 0 Å². The Morgan fingerprint density at radius 1 is 1.03 bits per heavy atom. The van der Waals surface area contributed by atoms with E-state index in [-0.39, 0.29) is 22.6 Å². The molecule has 1 aliphatic rings. The van der Waals surface area contributed by atoms with Crippen LogP contribution in [-0.4, -0.2) is 11.1 Å². The highest BCUT2D eigenvalue weighted by atomic mass is 19.1. The Balaban J connectivity index is 1.83. The van der Waals surface area contributed by atoms with Crippen molar-refractivity contribution in [3.05, 3.63) is 92.8 Å². The lowest BCUT2D eigenvalue weighted by Gasteiger charge is -2.22. The van der Waals surface area contributed by atoms with Crippen LogP contribution >= 0.6 is 0 Å². The maximum atomic E-state index is 13.5. The Hall–Kier alpha value is -3.74. The number of aryl methyl sites for hydroxylation is 2. The van der Waals surface area contributed by atoms with Crippen molar-refractivity contribution in [2.24, 2.45) is 0 Å². The molecular weight excluding hydrogens is 375 g/mol. The van der Waals surface area contributed by atoms with Gasteiger partial charge in [0, 0.05) is 6.07 Å². The summed E-state index contributed by atoms with van der Waals surface area (Å²) in [7, 11) is 0. The monoisotopic (exact) mass is 390 g/mol. The summed E-state index contributed by atoms with van der Waals surface area (Å²) in [4.78, 5) is 28.0. The summed E-state index contributed by atoms with van der Waals surface area (Å²) in [6.07, 6.45) is 0. The molecule has 4 aromatic rings. The van der Waals surface area contributed by atoms with Crippen LogP contribution in [0.1, 0.15) is 39.0 Å². The number of nitrogens with zero attached hydrogens (tertiary/aromatic N) is 2. The van der Waals surface area contributed by atoms with Crippen molar-refractivity contribution < 1.29 is 18.1 Å². The van der Waals surface area contributed by atoms with E-state index < -0.39 is 17.8 Å². The third-order valence-corrected chi connectivity index (χ3v) is 5.07. The number of hydrogen-bond acceptors (Lipinski definition) is 5. The van der Waals surface area contributed by atoms with Crippen molar-refractivity contribution in [2.45, 2.75) is 19.9 Å². The number of anilines is 1. The summed E-state index contributed by atoms with van der Waals surface area (Å²) in [5.74, 6) is -0.179. The van der Waals surface area contributed by atoms with E-state index in [0.717, 1.165) is 5.56 Å². The Morgan fingerprint density at radius 3 is 2.48 bits per heavy atom. The molecule has 1 aliphatic heterocycles. The molecule has 0 saturated heterocycles. The van der Waals surface area contributed by atoms with E-state index in [1.54, 1.807) is 37.3 Å². The van der Waals surface area contributed by atoms with Crippen LogP contribution < -0.4 is 10.3 Å². The number of hydrogen-bond donors (Lipinski definition) is 0. The van der Waals surface area contributed by atoms with Gasteiger partial charge in [-0.3, -0.25) is 14.5 Å². The molecule has 2 aromatic carbocycles. The molecule has 1 unspecified atom stereocenters. The molecule has 6 nitrogen and oxygen atoms in total. The van der Waals surface area contributed by atoms with E-state index in [1.807, 2.05) is 13.0 Å². The summed E-state index contributed by atoms with van der Waals surface area (Å²) in [6, 6.07) is 11.7. The average molecular weight is 390 g/mol. The Morgan fingerprint density at radius 2 is 1.79 bits per heavy atom. The van der Waals surface area contributed by atoms with Gasteiger partial charge < -0.3 is 8.94 Å². The number of benzene rings is 2. The molecule has 29 heavy (non-hydrogen) atoms. The third kappa shape index (κ3) is 2.58. The summed E-state index contributed by atoms with van der Waals surface area (Å²) in [6.45, 7) is 3.58. The smallest absolute Gasteiger partial charge is 0.296 e. The Bertz CT molecular complexity index is 1340. The van der Waals surface area contributed by atoms with Crippen LogP contribution in [0.3, 0.4) is 0 Å². The standard InChI is InChI=1S/C22H15FN2O4/c1-11-3-8-16-15(9-11)20(26)18-19(13-4-6-14(23)7-5-13)25(22(27)21(18)28-16)17-10-12(2)29-24-17/h3-10,19H,1-2H3. The summed E-state index contributed by atoms with van der Waals surface area (Å²) >= 11 is 0. The molecule has 0 aliphatic carbocycles. The Labute approximate surface area is 164 Å². The number of rotatable bonds is 2. The normalized spacial score (nSPS) is 15.9. The highest BCUT2D eigenvalue weighted by Gasteiger charge is 2.44. The SMILES string of the molecule is Cc1ccc2oc3c(c(=O)c2c1)C(c1ccc(F)cc1)N(c1cc(C)on1)C3=O. The molecule has 7 heteroatoms. The fourth-order valence-electron chi connectivity index (χ4n) is 3.75. The first kappa shape index (κ1) is 17.4. The van der Waals surface area contributed by atoms with Crippen LogP contribution in [0.15, 0.2) is 62.3 Å². The van der Waals surface area contributed by atoms with Crippen LogP contribution in [0.25, 0.3) is 11.0 Å². The molecule has 0 saturated carbocycles. The topological polar surface area (TPSA) is 76.6 Å². The van der Waals surface area contributed by atoms with Gasteiger partial charge in [0.25, 0.3) is 5.91 Å². The van der Waals surface area contributed by atoms with Gasteiger partial charge in [0.2, 0.25) is 5.76 Å². The maximum Gasteiger partial charge on any atom is 0.296 e. The molecular formula is C22H15FN2O4. The Kier molecular flexibility index (Phi) is 3.67. The van der Waals surface area contributed by atoms with Crippen LogP contribution in [0.5, 0.6) is 0 Å². The van der Waals surface area contributed by atoms with Crippen LogP contribution in [0, 0.1) is 19.7 Å². The van der Waals surface area contributed by atoms with E-state index in [9.17, 15) is 14.0 Å². The molecule has 0 fully saturated rings. The lowest BCUT2D eigenvalue weighted by molar-refractivity contribution is 0.0969. The van der Waals surface area contributed by atoms with Crippen molar-refractivity contribution in [2.75, 3.05) is 4.90 Å². The molecule has 0 radical (unpaired) electrons. The molecule has 2 aromatic heterocycles. The van der Waals surface area contributed by atoms with Crippen LogP contribution in [0.2, 0.25) is 0 Å². The van der Waals surface area contributed by atoms with E-state index in [4.69, 9.17) is 8.94 Å². The van der Waals surface area contributed by atoms with Gasteiger partial charge in [-0.05, 0) is 43.7 Å².